The quantitative estimate of drug-likeness (QED) is 0.587. The summed E-state index contributed by atoms with van der Waals surface area (Å²) in [6.07, 6.45) is 5.68. The minimum Gasteiger partial charge on any atom is -0.423 e. The van der Waals surface area contributed by atoms with Crippen LogP contribution >= 0.6 is 0 Å². The zero-order valence-electron chi connectivity index (χ0n) is 8.83. The summed E-state index contributed by atoms with van der Waals surface area (Å²) < 4.78 is 5.38. The van der Waals surface area contributed by atoms with Crippen molar-refractivity contribution in [1.82, 2.24) is 0 Å². The molecule has 0 radical (unpaired) electrons. The molecule has 76 valence electrons. The third-order valence-corrected chi connectivity index (χ3v) is 2.02. The van der Waals surface area contributed by atoms with Crippen LogP contribution in [0.1, 0.15) is 46.0 Å². The monoisotopic (exact) mass is 184 g/mol. The smallest absolute Gasteiger partial charge is 0.423 e. The summed E-state index contributed by atoms with van der Waals surface area (Å²) in [7, 11) is -0.798. The Kier molecular flexibility index (Phi) is 8.15. The van der Waals surface area contributed by atoms with Crippen LogP contribution < -0.4 is 0 Å². The predicted octanol–water partition coefficient (Wildman–Crippen LogP) is 2.57. The summed E-state index contributed by atoms with van der Waals surface area (Å²) in [5, 5.41) is 9.21. The van der Waals surface area contributed by atoms with Gasteiger partial charge in [-0.25, -0.2) is 0 Å². The van der Waals surface area contributed by atoms with Crippen LogP contribution in [0.15, 0.2) is 12.6 Å². The highest BCUT2D eigenvalue weighted by Crippen LogP contribution is 2.11. The first-order valence-electron chi connectivity index (χ1n) is 5.20. The van der Waals surface area contributed by atoms with Crippen LogP contribution in [-0.2, 0) is 4.65 Å². The summed E-state index contributed by atoms with van der Waals surface area (Å²) >= 11 is 0. The van der Waals surface area contributed by atoms with Gasteiger partial charge < -0.3 is 9.68 Å². The van der Waals surface area contributed by atoms with Gasteiger partial charge in [0.2, 0.25) is 0 Å². The highest BCUT2D eigenvalue weighted by Gasteiger charge is 2.14. The van der Waals surface area contributed by atoms with Crippen molar-refractivity contribution in [2.24, 2.45) is 0 Å². The van der Waals surface area contributed by atoms with Crippen LogP contribution in [0.3, 0.4) is 0 Å². The zero-order valence-corrected chi connectivity index (χ0v) is 8.83. The Morgan fingerprint density at radius 2 is 2.08 bits per heavy atom. The van der Waals surface area contributed by atoms with Crippen molar-refractivity contribution >= 4 is 7.12 Å². The highest BCUT2D eigenvalue weighted by atomic mass is 16.5. The molecule has 0 aliphatic carbocycles. The van der Waals surface area contributed by atoms with E-state index in [1.54, 1.807) is 0 Å². The molecule has 3 heteroatoms. The Morgan fingerprint density at radius 3 is 2.54 bits per heavy atom. The van der Waals surface area contributed by atoms with Crippen molar-refractivity contribution in [1.29, 1.82) is 0 Å². The lowest BCUT2D eigenvalue weighted by Crippen LogP contribution is -2.24. The predicted molar refractivity (Wildman–Crippen MR) is 57.5 cm³/mol. The molecule has 2 nitrogen and oxygen atoms in total. The molecule has 0 aliphatic rings. The number of unbranched alkanes of at least 4 members (excludes halogenated alkanes) is 1. The molecular formula is C10H21BO2. The van der Waals surface area contributed by atoms with E-state index in [2.05, 4.69) is 20.4 Å². The van der Waals surface area contributed by atoms with Gasteiger partial charge in [0.1, 0.15) is 0 Å². The van der Waals surface area contributed by atoms with Gasteiger partial charge in [-0.05, 0) is 12.8 Å². The minimum absolute atomic E-state index is 0.193. The SMILES string of the molecule is C=CB(O)OC(CCC)CCCC. The van der Waals surface area contributed by atoms with Crippen molar-refractivity contribution < 1.29 is 9.68 Å². The maximum Gasteiger partial charge on any atom is 0.483 e. The fourth-order valence-corrected chi connectivity index (χ4v) is 1.29. The Labute approximate surface area is 82.1 Å². The van der Waals surface area contributed by atoms with E-state index in [1.807, 2.05) is 0 Å². The van der Waals surface area contributed by atoms with Gasteiger partial charge in [-0.3, -0.25) is 0 Å². The Bertz CT molecular complexity index is 128. The van der Waals surface area contributed by atoms with E-state index < -0.39 is 7.12 Å². The van der Waals surface area contributed by atoms with Gasteiger partial charge in [-0.1, -0.05) is 39.1 Å². The number of hydrogen-bond acceptors (Lipinski definition) is 2. The number of rotatable bonds is 8. The molecule has 13 heavy (non-hydrogen) atoms. The van der Waals surface area contributed by atoms with Crippen LogP contribution in [0.4, 0.5) is 0 Å². The highest BCUT2D eigenvalue weighted by molar-refractivity contribution is 6.48. The van der Waals surface area contributed by atoms with E-state index in [4.69, 9.17) is 4.65 Å². The average molecular weight is 184 g/mol. The van der Waals surface area contributed by atoms with Crippen LogP contribution in [0.25, 0.3) is 0 Å². The summed E-state index contributed by atoms with van der Waals surface area (Å²) in [5.74, 6) is 1.43. The van der Waals surface area contributed by atoms with Crippen LogP contribution in [0.5, 0.6) is 0 Å². The molecule has 1 N–H and O–H groups in total. The molecule has 1 unspecified atom stereocenters. The molecule has 0 aliphatic heterocycles. The van der Waals surface area contributed by atoms with Crippen LogP contribution in [0, 0.1) is 0 Å². The van der Waals surface area contributed by atoms with Gasteiger partial charge >= 0.3 is 7.12 Å². The first-order chi connectivity index (χ1) is 6.24. The van der Waals surface area contributed by atoms with Crippen LogP contribution in [-0.4, -0.2) is 18.2 Å². The zero-order chi connectivity index (χ0) is 10.1. The lowest BCUT2D eigenvalue weighted by Gasteiger charge is -2.17. The van der Waals surface area contributed by atoms with E-state index in [1.165, 1.54) is 12.4 Å². The number of hydrogen-bond donors (Lipinski definition) is 1. The fourth-order valence-electron chi connectivity index (χ4n) is 1.29. The topological polar surface area (TPSA) is 29.5 Å². The molecule has 0 heterocycles. The standard InChI is InChI=1S/C10H21BO2/c1-4-7-9-10(8-5-2)13-11(12)6-3/h6,10,12H,3-5,7-9H2,1-2H3. The minimum atomic E-state index is -0.798. The van der Waals surface area contributed by atoms with E-state index in [-0.39, 0.29) is 6.10 Å². The Hall–Kier alpha value is -0.275. The van der Waals surface area contributed by atoms with Crippen molar-refractivity contribution in [2.45, 2.75) is 52.1 Å². The summed E-state index contributed by atoms with van der Waals surface area (Å²) in [6.45, 7) is 7.77. The van der Waals surface area contributed by atoms with Gasteiger partial charge in [0.05, 0.1) is 0 Å². The third-order valence-electron chi connectivity index (χ3n) is 2.02. The van der Waals surface area contributed by atoms with E-state index >= 15 is 0 Å². The third kappa shape index (κ3) is 6.85. The van der Waals surface area contributed by atoms with Gasteiger partial charge in [0.15, 0.2) is 0 Å². The average Bonchev–Trinajstić information content (AvgIpc) is 2.14. The maximum absolute atomic E-state index is 9.21. The van der Waals surface area contributed by atoms with E-state index in [0.29, 0.717) is 0 Å². The van der Waals surface area contributed by atoms with Gasteiger partial charge in [0, 0.05) is 6.10 Å². The van der Waals surface area contributed by atoms with E-state index in [0.717, 1.165) is 25.7 Å². The molecule has 0 aromatic heterocycles. The van der Waals surface area contributed by atoms with Crippen LogP contribution in [0.2, 0.25) is 0 Å². The van der Waals surface area contributed by atoms with Gasteiger partial charge in [0.25, 0.3) is 0 Å². The van der Waals surface area contributed by atoms with Crippen molar-refractivity contribution in [3.05, 3.63) is 12.6 Å². The first kappa shape index (κ1) is 12.7. The summed E-state index contributed by atoms with van der Waals surface area (Å²) in [6, 6.07) is 0. The second-order valence-electron chi connectivity index (χ2n) is 3.32. The van der Waals surface area contributed by atoms with Crippen molar-refractivity contribution in [3.63, 3.8) is 0 Å². The molecule has 0 spiro atoms. The second kappa shape index (κ2) is 8.33. The second-order valence-corrected chi connectivity index (χ2v) is 3.32. The molecule has 0 aromatic rings. The lowest BCUT2D eigenvalue weighted by molar-refractivity contribution is 0.150. The fraction of sp³-hybridized carbons (Fsp3) is 0.800. The largest absolute Gasteiger partial charge is 0.483 e. The summed E-state index contributed by atoms with van der Waals surface area (Å²) in [5.41, 5.74) is 0. The molecule has 0 saturated heterocycles. The van der Waals surface area contributed by atoms with Crippen molar-refractivity contribution in [3.8, 4) is 0 Å². The molecule has 0 amide bonds. The molecule has 0 fully saturated rings. The molecule has 0 bridgehead atoms. The molecular weight excluding hydrogens is 163 g/mol. The first-order valence-corrected chi connectivity index (χ1v) is 5.20. The van der Waals surface area contributed by atoms with Crippen molar-refractivity contribution in [2.75, 3.05) is 0 Å². The molecule has 0 aromatic carbocycles. The normalized spacial score (nSPS) is 12.5. The molecule has 1 atom stereocenters. The summed E-state index contributed by atoms with van der Waals surface area (Å²) in [4.78, 5) is 0. The molecule has 0 rings (SSSR count). The lowest BCUT2D eigenvalue weighted by atomic mass is 9.90. The molecule has 0 saturated carbocycles. The van der Waals surface area contributed by atoms with Gasteiger partial charge in [-0.15, -0.1) is 6.58 Å². The van der Waals surface area contributed by atoms with Gasteiger partial charge in [-0.2, -0.15) is 0 Å². The van der Waals surface area contributed by atoms with E-state index in [9.17, 15) is 5.02 Å². The Balaban J connectivity index is 3.71. The maximum atomic E-state index is 9.21. The Morgan fingerprint density at radius 1 is 1.38 bits per heavy atom.